The van der Waals surface area contributed by atoms with Crippen molar-refractivity contribution in [2.45, 2.75) is 20.3 Å². The quantitative estimate of drug-likeness (QED) is 0.409. The van der Waals surface area contributed by atoms with E-state index in [1.165, 1.54) is 0 Å². The summed E-state index contributed by atoms with van der Waals surface area (Å²) in [6.07, 6.45) is 3.88. The molecule has 0 amide bonds. The monoisotopic (exact) mass is 429 g/mol. The molecule has 0 aliphatic heterocycles. The van der Waals surface area contributed by atoms with Gasteiger partial charge in [-0.1, -0.05) is 47.5 Å². The minimum absolute atomic E-state index is 0.0568. The topological polar surface area (TPSA) is 116 Å². The van der Waals surface area contributed by atoms with Crippen LogP contribution in [0.25, 0.3) is 5.69 Å². The van der Waals surface area contributed by atoms with E-state index in [-0.39, 0.29) is 5.56 Å². The zero-order valence-corrected chi connectivity index (χ0v) is 17.8. The van der Waals surface area contributed by atoms with E-state index >= 15 is 0 Å². The zero-order valence-electron chi connectivity index (χ0n) is 17.8. The summed E-state index contributed by atoms with van der Waals surface area (Å²) in [7, 11) is 0. The summed E-state index contributed by atoms with van der Waals surface area (Å²) in [5.74, 6) is -0.455. The first-order chi connectivity index (χ1) is 15.4. The Bertz CT molecular complexity index is 1360. The Balaban J connectivity index is 1.87. The van der Waals surface area contributed by atoms with Crippen LogP contribution in [0, 0.1) is 13.8 Å². The molecule has 0 fully saturated rings. The first-order valence-electron chi connectivity index (χ1n) is 10.2. The van der Waals surface area contributed by atoms with Gasteiger partial charge < -0.3 is 10.1 Å². The highest BCUT2D eigenvalue weighted by Gasteiger charge is 2.21. The number of benzene rings is 2. The lowest BCUT2D eigenvalue weighted by atomic mass is 10.0. The van der Waals surface area contributed by atoms with Gasteiger partial charge in [-0.05, 0) is 26.0 Å². The van der Waals surface area contributed by atoms with Gasteiger partial charge >= 0.3 is 5.69 Å². The predicted molar refractivity (Wildman–Crippen MR) is 123 cm³/mol. The number of aryl methyl sites for hydroxylation is 2. The second-order valence-electron chi connectivity index (χ2n) is 7.55. The lowest BCUT2D eigenvalue weighted by Crippen LogP contribution is -2.33. The van der Waals surface area contributed by atoms with Crippen molar-refractivity contribution in [3.05, 3.63) is 110 Å². The Hall–Kier alpha value is -4.20. The molecule has 2 aromatic heterocycles. The van der Waals surface area contributed by atoms with Crippen molar-refractivity contribution in [3.8, 4) is 11.6 Å². The second kappa shape index (κ2) is 8.89. The van der Waals surface area contributed by atoms with E-state index in [1.807, 2.05) is 50.2 Å². The standard InChI is InChI=1S/C24H23N5O3/c1-15-3-7-17(8-4-15)21(26-12-11-18-13-25-14-27-18)20-22(30)28-24(32)29(23(20)31)19-9-5-16(2)6-10-19/h3-10,13-14,31H,11-12H2,1-2H3,(H,25,27)(H,28,30,32). The Morgan fingerprint density at radius 3 is 2.31 bits per heavy atom. The van der Waals surface area contributed by atoms with Crippen LogP contribution in [-0.2, 0) is 6.42 Å². The average Bonchev–Trinajstić information content (AvgIpc) is 3.28. The number of aliphatic imine (C=N–C) groups is 1. The van der Waals surface area contributed by atoms with Gasteiger partial charge in [0.1, 0.15) is 5.56 Å². The molecule has 0 atom stereocenters. The highest BCUT2D eigenvalue weighted by molar-refractivity contribution is 6.14. The summed E-state index contributed by atoms with van der Waals surface area (Å²) in [5, 5.41) is 11.1. The van der Waals surface area contributed by atoms with Crippen molar-refractivity contribution in [1.29, 1.82) is 0 Å². The number of rotatable bonds is 6. The molecular weight excluding hydrogens is 406 g/mol. The van der Waals surface area contributed by atoms with E-state index in [0.717, 1.165) is 21.4 Å². The van der Waals surface area contributed by atoms with Gasteiger partial charge in [0.05, 0.1) is 17.7 Å². The first-order valence-corrected chi connectivity index (χ1v) is 10.2. The number of nitrogens with one attached hydrogen (secondary N) is 2. The van der Waals surface area contributed by atoms with Gasteiger partial charge in [-0.15, -0.1) is 0 Å². The number of aromatic amines is 2. The molecule has 0 radical (unpaired) electrons. The first kappa shape index (κ1) is 21.0. The van der Waals surface area contributed by atoms with E-state index in [4.69, 9.17) is 0 Å². The number of hydrogen-bond donors (Lipinski definition) is 3. The van der Waals surface area contributed by atoms with Crippen LogP contribution in [0.2, 0.25) is 0 Å². The average molecular weight is 429 g/mol. The van der Waals surface area contributed by atoms with Gasteiger partial charge in [0.25, 0.3) is 5.56 Å². The summed E-state index contributed by atoms with van der Waals surface area (Å²) in [5.41, 5.74) is 2.89. The van der Waals surface area contributed by atoms with Gasteiger partial charge in [0.2, 0.25) is 5.88 Å². The van der Waals surface area contributed by atoms with Gasteiger partial charge in [0.15, 0.2) is 0 Å². The number of H-pyrrole nitrogens is 2. The summed E-state index contributed by atoms with van der Waals surface area (Å²) in [6.45, 7) is 4.24. The third-order valence-electron chi connectivity index (χ3n) is 5.15. The minimum Gasteiger partial charge on any atom is -0.493 e. The number of nitrogens with zero attached hydrogens (tertiary/aromatic N) is 3. The fourth-order valence-electron chi connectivity index (χ4n) is 3.41. The van der Waals surface area contributed by atoms with Crippen LogP contribution in [0.15, 0.2) is 75.6 Å². The Labute approximate surface area is 184 Å². The number of imidazole rings is 1. The molecule has 2 aromatic carbocycles. The molecule has 0 spiro atoms. The summed E-state index contributed by atoms with van der Waals surface area (Å²) in [4.78, 5) is 39.4. The highest BCUT2D eigenvalue weighted by Crippen LogP contribution is 2.21. The second-order valence-corrected chi connectivity index (χ2v) is 7.55. The third kappa shape index (κ3) is 4.29. The number of aromatic nitrogens is 4. The largest absolute Gasteiger partial charge is 0.493 e. The van der Waals surface area contributed by atoms with Crippen molar-refractivity contribution in [1.82, 2.24) is 19.5 Å². The lowest BCUT2D eigenvalue weighted by Gasteiger charge is -2.14. The molecular formula is C24H23N5O3. The van der Waals surface area contributed by atoms with Crippen LogP contribution in [0.1, 0.15) is 27.9 Å². The Morgan fingerprint density at radius 2 is 1.69 bits per heavy atom. The molecule has 4 rings (SSSR count). The number of aromatic hydroxyl groups is 1. The van der Waals surface area contributed by atoms with E-state index in [9.17, 15) is 14.7 Å². The van der Waals surface area contributed by atoms with E-state index in [2.05, 4.69) is 19.9 Å². The van der Waals surface area contributed by atoms with Crippen molar-refractivity contribution in [2.75, 3.05) is 6.54 Å². The SMILES string of the molecule is Cc1ccc(C(=NCCc2cnc[nH]2)c2c(O)n(-c3ccc(C)cc3)c(=O)[nH]c2=O)cc1. The van der Waals surface area contributed by atoms with Crippen molar-refractivity contribution < 1.29 is 5.11 Å². The van der Waals surface area contributed by atoms with Gasteiger partial charge in [-0.3, -0.25) is 14.8 Å². The van der Waals surface area contributed by atoms with Crippen molar-refractivity contribution >= 4 is 5.71 Å². The van der Waals surface area contributed by atoms with Crippen LogP contribution in [0.5, 0.6) is 5.88 Å². The van der Waals surface area contributed by atoms with Gasteiger partial charge in [-0.25, -0.2) is 14.3 Å². The minimum atomic E-state index is -0.721. The molecule has 0 saturated heterocycles. The van der Waals surface area contributed by atoms with Crippen molar-refractivity contribution in [3.63, 3.8) is 0 Å². The van der Waals surface area contributed by atoms with Gasteiger partial charge in [0, 0.05) is 30.4 Å². The molecule has 0 aliphatic carbocycles. The molecule has 8 heteroatoms. The Kier molecular flexibility index (Phi) is 5.85. The van der Waals surface area contributed by atoms with Crippen molar-refractivity contribution in [2.24, 2.45) is 4.99 Å². The fraction of sp³-hybridized carbons (Fsp3) is 0.167. The molecule has 0 aliphatic rings. The molecule has 162 valence electrons. The molecule has 3 N–H and O–H groups in total. The van der Waals surface area contributed by atoms with Crippen LogP contribution < -0.4 is 11.2 Å². The number of hydrogen-bond acceptors (Lipinski definition) is 5. The summed E-state index contributed by atoms with van der Waals surface area (Å²) >= 11 is 0. The molecule has 0 bridgehead atoms. The summed E-state index contributed by atoms with van der Waals surface area (Å²) < 4.78 is 1.08. The van der Waals surface area contributed by atoms with E-state index in [0.29, 0.717) is 29.9 Å². The maximum Gasteiger partial charge on any atom is 0.335 e. The van der Waals surface area contributed by atoms with Crippen LogP contribution in [-0.4, -0.2) is 36.9 Å². The maximum atomic E-state index is 12.8. The van der Waals surface area contributed by atoms with E-state index in [1.54, 1.807) is 24.7 Å². The molecule has 2 heterocycles. The normalized spacial score (nSPS) is 11.6. The predicted octanol–water partition coefficient (Wildman–Crippen LogP) is 2.65. The molecule has 4 aromatic rings. The maximum absolute atomic E-state index is 12.8. The van der Waals surface area contributed by atoms with Gasteiger partial charge in [-0.2, -0.15) is 0 Å². The summed E-state index contributed by atoms with van der Waals surface area (Å²) in [6, 6.07) is 14.5. The van der Waals surface area contributed by atoms with Crippen LogP contribution in [0.3, 0.4) is 0 Å². The fourth-order valence-corrected chi connectivity index (χ4v) is 3.41. The van der Waals surface area contributed by atoms with Crippen LogP contribution >= 0.6 is 0 Å². The third-order valence-corrected chi connectivity index (χ3v) is 5.15. The molecule has 8 nitrogen and oxygen atoms in total. The molecule has 0 unspecified atom stereocenters. The smallest absolute Gasteiger partial charge is 0.335 e. The van der Waals surface area contributed by atoms with E-state index < -0.39 is 17.1 Å². The Morgan fingerprint density at radius 1 is 1.03 bits per heavy atom. The lowest BCUT2D eigenvalue weighted by molar-refractivity contribution is 0.430. The molecule has 32 heavy (non-hydrogen) atoms. The molecule has 0 saturated carbocycles. The van der Waals surface area contributed by atoms with Crippen LogP contribution in [0.4, 0.5) is 0 Å². The highest BCUT2D eigenvalue weighted by atomic mass is 16.3. The zero-order chi connectivity index (χ0) is 22.7.